The quantitative estimate of drug-likeness (QED) is 0.737. The fourth-order valence-corrected chi connectivity index (χ4v) is 3.57. The molecule has 0 unspecified atom stereocenters. The number of hydrogen-bond donors (Lipinski definition) is 2. The fraction of sp³-hybridized carbons (Fsp3) is 0.882. The standard InChI is InChI=1S/C17H27NO8/c1-7(2)8(14(20)21)18-13(19)11-9-10(24-16(3,4)23-9)12-15(22-11)26-17(5,6)25-12/h7-12,15H,1-6H3,(H,18,19)(H,20,21)/t8-,9+,10+,11-,12-,15+/m1/s1. The van der Waals surface area contributed by atoms with Gasteiger partial charge in [-0.05, 0) is 33.6 Å². The second-order valence-corrected chi connectivity index (χ2v) is 8.16. The first kappa shape index (κ1) is 19.5. The molecular weight excluding hydrogens is 346 g/mol. The van der Waals surface area contributed by atoms with Gasteiger partial charge in [0.25, 0.3) is 5.91 Å². The van der Waals surface area contributed by atoms with Gasteiger partial charge in [-0.25, -0.2) is 4.79 Å². The minimum absolute atomic E-state index is 0.286. The van der Waals surface area contributed by atoms with Crippen LogP contribution in [0.4, 0.5) is 0 Å². The largest absolute Gasteiger partial charge is 0.480 e. The summed E-state index contributed by atoms with van der Waals surface area (Å²) < 4.78 is 29.2. The Bertz CT molecular complexity index is 589. The molecule has 3 heterocycles. The molecule has 26 heavy (non-hydrogen) atoms. The van der Waals surface area contributed by atoms with E-state index in [1.165, 1.54) is 0 Å². The van der Waals surface area contributed by atoms with E-state index < -0.39 is 60.2 Å². The van der Waals surface area contributed by atoms with Gasteiger partial charge in [-0.1, -0.05) is 13.8 Å². The molecule has 3 rings (SSSR count). The first-order valence-corrected chi connectivity index (χ1v) is 8.80. The minimum Gasteiger partial charge on any atom is -0.480 e. The van der Waals surface area contributed by atoms with Crippen LogP contribution < -0.4 is 5.32 Å². The minimum atomic E-state index is -1.11. The molecule has 9 heteroatoms. The van der Waals surface area contributed by atoms with Crippen LogP contribution in [-0.2, 0) is 33.3 Å². The number of carbonyl (C=O) groups excluding carboxylic acids is 1. The van der Waals surface area contributed by atoms with E-state index in [-0.39, 0.29) is 5.92 Å². The summed E-state index contributed by atoms with van der Waals surface area (Å²) >= 11 is 0. The summed E-state index contributed by atoms with van der Waals surface area (Å²) in [7, 11) is 0. The van der Waals surface area contributed by atoms with Crippen LogP contribution in [0.25, 0.3) is 0 Å². The number of ether oxygens (including phenoxy) is 5. The van der Waals surface area contributed by atoms with Crippen molar-refractivity contribution in [3.63, 3.8) is 0 Å². The number of hydrogen-bond acceptors (Lipinski definition) is 7. The van der Waals surface area contributed by atoms with Crippen LogP contribution in [0, 0.1) is 5.92 Å². The van der Waals surface area contributed by atoms with Crippen molar-refractivity contribution in [1.82, 2.24) is 5.32 Å². The van der Waals surface area contributed by atoms with Crippen LogP contribution in [0.15, 0.2) is 0 Å². The van der Waals surface area contributed by atoms with Crippen LogP contribution in [0.1, 0.15) is 41.5 Å². The average Bonchev–Trinajstić information content (AvgIpc) is 2.96. The van der Waals surface area contributed by atoms with E-state index >= 15 is 0 Å². The van der Waals surface area contributed by atoms with Gasteiger partial charge in [0.15, 0.2) is 24.0 Å². The van der Waals surface area contributed by atoms with Crippen LogP contribution in [0.5, 0.6) is 0 Å². The Balaban J connectivity index is 1.82. The molecular formula is C17H27NO8. The molecule has 148 valence electrons. The van der Waals surface area contributed by atoms with Crippen LogP contribution in [0.3, 0.4) is 0 Å². The Hall–Kier alpha value is -1.26. The summed E-state index contributed by atoms with van der Waals surface area (Å²) in [5.74, 6) is -3.78. The van der Waals surface area contributed by atoms with E-state index in [9.17, 15) is 14.7 Å². The number of carboxylic acids is 1. The molecule has 9 nitrogen and oxygen atoms in total. The van der Waals surface area contributed by atoms with Crippen molar-refractivity contribution >= 4 is 11.9 Å². The van der Waals surface area contributed by atoms with Crippen molar-refractivity contribution in [3.05, 3.63) is 0 Å². The molecule has 3 fully saturated rings. The molecule has 3 saturated heterocycles. The van der Waals surface area contributed by atoms with Crippen molar-refractivity contribution in [2.45, 2.75) is 89.9 Å². The molecule has 1 amide bonds. The van der Waals surface area contributed by atoms with Crippen LogP contribution in [0.2, 0.25) is 0 Å². The van der Waals surface area contributed by atoms with E-state index in [0.717, 1.165) is 0 Å². The molecule has 6 atom stereocenters. The van der Waals surface area contributed by atoms with Gasteiger partial charge in [-0.2, -0.15) is 0 Å². The maximum atomic E-state index is 12.8. The monoisotopic (exact) mass is 373 g/mol. The molecule has 0 aromatic carbocycles. The molecule has 0 spiro atoms. The Morgan fingerprint density at radius 1 is 0.923 bits per heavy atom. The lowest BCUT2D eigenvalue weighted by atomic mass is 9.97. The third-order valence-electron chi connectivity index (χ3n) is 4.64. The third kappa shape index (κ3) is 3.59. The zero-order valence-corrected chi connectivity index (χ0v) is 15.8. The lowest BCUT2D eigenvalue weighted by molar-refractivity contribution is -0.231. The Labute approximate surface area is 152 Å². The summed E-state index contributed by atoms with van der Waals surface area (Å²) in [5.41, 5.74) is 0. The topological polar surface area (TPSA) is 113 Å². The van der Waals surface area contributed by atoms with Gasteiger partial charge < -0.3 is 34.1 Å². The second kappa shape index (κ2) is 6.42. The highest BCUT2D eigenvalue weighted by molar-refractivity contribution is 5.87. The van der Waals surface area contributed by atoms with Crippen LogP contribution in [-0.4, -0.2) is 65.3 Å². The Kier molecular flexibility index (Phi) is 4.81. The van der Waals surface area contributed by atoms with Crippen molar-refractivity contribution in [3.8, 4) is 0 Å². The number of fused-ring (bicyclic) bond motifs is 3. The lowest BCUT2D eigenvalue weighted by Gasteiger charge is -2.37. The molecule has 3 aliphatic rings. The van der Waals surface area contributed by atoms with E-state index in [0.29, 0.717) is 0 Å². The van der Waals surface area contributed by atoms with Crippen molar-refractivity contribution in [2.24, 2.45) is 5.92 Å². The van der Waals surface area contributed by atoms with E-state index in [4.69, 9.17) is 23.7 Å². The van der Waals surface area contributed by atoms with Gasteiger partial charge in [-0.3, -0.25) is 4.79 Å². The zero-order valence-electron chi connectivity index (χ0n) is 15.8. The number of aliphatic carboxylic acids is 1. The van der Waals surface area contributed by atoms with E-state index in [1.807, 2.05) is 0 Å². The van der Waals surface area contributed by atoms with Crippen molar-refractivity contribution < 1.29 is 38.4 Å². The first-order valence-electron chi connectivity index (χ1n) is 8.80. The molecule has 0 aromatic rings. The van der Waals surface area contributed by atoms with E-state index in [2.05, 4.69) is 5.32 Å². The average molecular weight is 373 g/mol. The number of amides is 1. The highest BCUT2D eigenvalue weighted by Crippen LogP contribution is 2.44. The van der Waals surface area contributed by atoms with Gasteiger partial charge in [0.2, 0.25) is 0 Å². The molecule has 0 radical (unpaired) electrons. The smallest absolute Gasteiger partial charge is 0.326 e. The zero-order chi connectivity index (χ0) is 19.4. The Morgan fingerprint density at radius 2 is 1.46 bits per heavy atom. The summed E-state index contributed by atoms with van der Waals surface area (Å²) in [6, 6.07) is -1.03. The van der Waals surface area contributed by atoms with Gasteiger partial charge in [0.1, 0.15) is 24.4 Å². The highest BCUT2D eigenvalue weighted by Gasteiger charge is 2.62. The summed E-state index contributed by atoms with van der Waals surface area (Å²) in [4.78, 5) is 24.2. The van der Waals surface area contributed by atoms with Gasteiger partial charge in [0.05, 0.1) is 0 Å². The molecule has 0 aromatic heterocycles. The second-order valence-electron chi connectivity index (χ2n) is 8.16. The molecule has 2 N–H and O–H groups in total. The normalized spacial score (nSPS) is 38.5. The molecule has 3 aliphatic heterocycles. The maximum absolute atomic E-state index is 12.8. The van der Waals surface area contributed by atoms with Gasteiger partial charge >= 0.3 is 5.97 Å². The summed E-state index contributed by atoms with van der Waals surface area (Å²) in [6.45, 7) is 10.4. The number of carbonyl (C=O) groups is 2. The fourth-order valence-electron chi connectivity index (χ4n) is 3.57. The van der Waals surface area contributed by atoms with Gasteiger partial charge in [-0.15, -0.1) is 0 Å². The highest BCUT2D eigenvalue weighted by atomic mass is 16.9. The van der Waals surface area contributed by atoms with Crippen LogP contribution >= 0.6 is 0 Å². The van der Waals surface area contributed by atoms with E-state index in [1.54, 1.807) is 41.5 Å². The predicted octanol–water partition coefficient (Wildman–Crippen LogP) is 0.608. The maximum Gasteiger partial charge on any atom is 0.326 e. The van der Waals surface area contributed by atoms with Crippen molar-refractivity contribution in [2.75, 3.05) is 0 Å². The first-order chi connectivity index (χ1) is 11.9. The summed E-state index contributed by atoms with van der Waals surface area (Å²) in [6.07, 6.45) is -3.71. The molecule has 0 aliphatic carbocycles. The third-order valence-corrected chi connectivity index (χ3v) is 4.64. The Morgan fingerprint density at radius 3 is 2.04 bits per heavy atom. The molecule has 0 saturated carbocycles. The SMILES string of the molecule is CC(C)[C@@H](NC(=O)[C@@H]1O[C@H]2OC(C)(C)O[C@@H]2[C@H]2OC(C)(C)O[C@@H]21)C(=O)O. The summed E-state index contributed by atoms with van der Waals surface area (Å²) in [5, 5.41) is 11.9. The van der Waals surface area contributed by atoms with Crippen molar-refractivity contribution in [1.29, 1.82) is 0 Å². The predicted molar refractivity (Wildman–Crippen MR) is 86.9 cm³/mol. The number of rotatable bonds is 4. The number of nitrogens with one attached hydrogen (secondary N) is 1. The lowest BCUT2D eigenvalue weighted by Crippen LogP contribution is -2.61. The number of carboxylic acid groups (broad SMARTS) is 1. The van der Waals surface area contributed by atoms with Gasteiger partial charge in [0, 0.05) is 0 Å². The molecule has 0 bridgehead atoms.